The smallest absolute Gasteiger partial charge is 0.255 e. The molecule has 0 aliphatic carbocycles. The lowest BCUT2D eigenvalue weighted by Crippen LogP contribution is -2.23. The van der Waals surface area contributed by atoms with Gasteiger partial charge in [0.25, 0.3) is 5.91 Å². The Bertz CT molecular complexity index is 1100. The van der Waals surface area contributed by atoms with Crippen molar-refractivity contribution in [1.82, 2.24) is 8.96 Å². The van der Waals surface area contributed by atoms with Crippen LogP contribution in [0.25, 0.3) is 11.0 Å². The van der Waals surface area contributed by atoms with Gasteiger partial charge in [-0.25, -0.2) is 17.4 Å². The highest BCUT2D eigenvalue weighted by molar-refractivity contribution is 7.90. The number of aromatic nitrogens is 2. The van der Waals surface area contributed by atoms with Gasteiger partial charge in [0.15, 0.2) is 0 Å². The van der Waals surface area contributed by atoms with E-state index >= 15 is 0 Å². The van der Waals surface area contributed by atoms with E-state index in [-0.39, 0.29) is 11.9 Å². The van der Waals surface area contributed by atoms with Crippen molar-refractivity contribution < 1.29 is 13.2 Å². The molecule has 7 nitrogen and oxygen atoms in total. The molecule has 3 aromatic rings. The van der Waals surface area contributed by atoms with Gasteiger partial charge < -0.3 is 11.1 Å². The first-order valence-electron chi connectivity index (χ1n) is 8.11. The van der Waals surface area contributed by atoms with Gasteiger partial charge >= 0.3 is 0 Å². The van der Waals surface area contributed by atoms with Crippen LogP contribution in [-0.2, 0) is 10.0 Å². The molecule has 0 spiro atoms. The third kappa shape index (κ3) is 3.03. The number of hydrogen-bond acceptors (Lipinski definition) is 5. The highest BCUT2D eigenvalue weighted by Gasteiger charge is 2.24. The Morgan fingerprint density at radius 3 is 2.54 bits per heavy atom. The number of nitrogens with zero attached hydrogens (tertiary/aromatic N) is 2. The van der Waals surface area contributed by atoms with E-state index in [2.05, 4.69) is 10.3 Å². The van der Waals surface area contributed by atoms with E-state index in [4.69, 9.17) is 5.73 Å². The molecule has 1 amide bonds. The van der Waals surface area contributed by atoms with Crippen molar-refractivity contribution in [2.45, 2.75) is 26.0 Å². The van der Waals surface area contributed by atoms with Crippen LogP contribution in [0.1, 0.15) is 29.8 Å². The first-order chi connectivity index (χ1) is 12.2. The first-order valence-corrected chi connectivity index (χ1v) is 9.61. The maximum Gasteiger partial charge on any atom is 0.255 e. The van der Waals surface area contributed by atoms with Crippen LogP contribution in [0.5, 0.6) is 0 Å². The van der Waals surface area contributed by atoms with Crippen LogP contribution in [0, 0.1) is 6.92 Å². The molecule has 1 heterocycles. The van der Waals surface area contributed by atoms with Gasteiger partial charge in [-0.1, -0.05) is 18.2 Å². The predicted octanol–water partition coefficient (Wildman–Crippen LogP) is 2.77. The monoisotopic (exact) mass is 372 g/mol. The number of nitrogen functional groups attached to an aromatic ring is 1. The first kappa shape index (κ1) is 17.9. The van der Waals surface area contributed by atoms with Gasteiger partial charge in [0.1, 0.15) is 0 Å². The Morgan fingerprint density at radius 2 is 1.88 bits per heavy atom. The standard InChI is InChI=1S/C18H20N4O3S/c1-11(2)26(24,25)22-16-10-13(8-9-15(16)21-18(22)19)20-17(23)14-7-5-4-6-12(14)3/h4-11H,1-3H3,(H2,19,21)(H,20,23). The third-order valence-corrected chi connectivity index (χ3v) is 6.22. The minimum Gasteiger partial charge on any atom is -0.368 e. The van der Waals surface area contributed by atoms with Gasteiger partial charge in [0, 0.05) is 11.3 Å². The molecule has 0 unspecified atom stereocenters. The Balaban J connectivity index is 2.05. The van der Waals surface area contributed by atoms with E-state index in [9.17, 15) is 13.2 Å². The topological polar surface area (TPSA) is 107 Å². The Morgan fingerprint density at radius 1 is 1.19 bits per heavy atom. The summed E-state index contributed by atoms with van der Waals surface area (Å²) in [4.78, 5) is 16.6. The number of carbonyl (C=O) groups excluding carboxylic acids is 1. The second-order valence-corrected chi connectivity index (χ2v) is 8.64. The van der Waals surface area contributed by atoms with Gasteiger partial charge in [-0.05, 0) is 50.6 Å². The van der Waals surface area contributed by atoms with Crippen LogP contribution in [-0.4, -0.2) is 28.5 Å². The summed E-state index contributed by atoms with van der Waals surface area (Å²) < 4.78 is 26.2. The predicted molar refractivity (Wildman–Crippen MR) is 103 cm³/mol. The van der Waals surface area contributed by atoms with Gasteiger partial charge in [0.05, 0.1) is 16.3 Å². The molecule has 26 heavy (non-hydrogen) atoms. The lowest BCUT2D eigenvalue weighted by molar-refractivity contribution is 0.102. The van der Waals surface area contributed by atoms with Crippen LogP contribution in [0.4, 0.5) is 11.6 Å². The minimum atomic E-state index is -3.68. The third-order valence-electron chi connectivity index (χ3n) is 4.14. The van der Waals surface area contributed by atoms with Gasteiger partial charge in [-0.2, -0.15) is 0 Å². The molecular weight excluding hydrogens is 352 g/mol. The summed E-state index contributed by atoms with van der Waals surface area (Å²) in [5, 5.41) is 2.13. The summed E-state index contributed by atoms with van der Waals surface area (Å²) >= 11 is 0. The number of nitrogens with one attached hydrogen (secondary N) is 1. The minimum absolute atomic E-state index is 0.101. The average molecular weight is 372 g/mol. The van der Waals surface area contributed by atoms with Crippen LogP contribution in [0.3, 0.4) is 0 Å². The number of carbonyl (C=O) groups is 1. The lowest BCUT2D eigenvalue weighted by atomic mass is 10.1. The van der Waals surface area contributed by atoms with E-state index in [0.717, 1.165) is 9.54 Å². The molecule has 136 valence electrons. The maximum absolute atomic E-state index is 12.6. The number of anilines is 2. The molecule has 3 N–H and O–H groups in total. The van der Waals surface area contributed by atoms with Crippen molar-refractivity contribution in [2.75, 3.05) is 11.1 Å². The summed E-state index contributed by atoms with van der Waals surface area (Å²) in [6.07, 6.45) is 0. The highest BCUT2D eigenvalue weighted by atomic mass is 32.2. The van der Waals surface area contributed by atoms with E-state index in [1.54, 1.807) is 44.2 Å². The fourth-order valence-electron chi connectivity index (χ4n) is 2.65. The molecule has 0 saturated carbocycles. The van der Waals surface area contributed by atoms with Gasteiger partial charge in [-0.3, -0.25) is 4.79 Å². The van der Waals surface area contributed by atoms with Crippen molar-refractivity contribution in [3.63, 3.8) is 0 Å². The summed E-state index contributed by atoms with van der Waals surface area (Å²) in [6.45, 7) is 5.00. The molecule has 0 saturated heterocycles. The Labute approximate surface area is 151 Å². The molecule has 0 aliphatic rings. The number of benzene rings is 2. The molecule has 0 bridgehead atoms. The number of nitrogens with two attached hydrogens (primary N) is 1. The van der Waals surface area contributed by atoms with Gasteiger partial charge in [0.2, 0.25) is 16.0 Å². The SMILES string of the molecule is Cc1ccccc1C(=O)Nc1ccc2nc(N)n(S(=O)(=O)C(C)C)c2c1. The van der Waals surface area contributed by atoms with Crippen LogP contribution < -0.4 is 11.1 Å². The molecule has 2 aromatic carbocycles. The van der Waals surface area contributed by atoms with E-state index < -0.39 is 15.3 Å². The molecular formula is C18H20N4O3S. The molecule has 1 aromatic heterocycles. The second-order valence-electron chi connectivity index (χ2n) is 6.30. The summed E-state index contributed by atoms with van der Waals surface area (Å²) in [6, 6.07) is 12.1. The highest BCUT2D eigenvalue weighted by Crippen LogP contribution is 2.25. The number of amides is 1. The molecule has 0 radical (unpaired) electrons. The van der Waals surface area contributed by atoms with Crippen molar-refractivity contribution in [3.05, 3.63) is 53.6 Å². The largest absolute Gasteiger partial charge is 0.368 e. The quantitative estimate of drug-likeness (QED) is 0.732. The van der Waals surface area contributed by atoms with Crippen molar-refractivity contribution in [1.29, 1.82) is 0 Å². The van der Waals surface area contributed by atoms with E-state index in [0.29, 0.717) is 22.3 Å². The number of imidazole rings is 1. The summed E-state index contributed by atoms with van der Waals surface area (Å²) in [7, 11) is -3.68. The lowest BCUT2D eigenvalue weighted by Gasteiger charge is -2.12. The molecule has 0 aliphatic heterocycles. The van der Waals surface area contributed by atoms with Crippen LogP contribution in [0.15, 0.2) is 42.5 Å². The number of hydrogen-bond donors (Lipinski definition) is 2. The molecule has 0 atom stereocenters. The zero-order chi connectivity index (χ0) is 19.1. The fraction of sp³-hybridized carbons (Fsp3) is 0.222. The van der Waals surface area contributed by atoms with Crippen molar-refractivity contribution in [2.24, 2.45) is 0 Å². The van der Waals surface area contributed by atoms with E-state index in [1.807, 2.05) is 19.1 Å². The van der Waals surface area contributed by atoms with Crippen LogP contribution >= 0.6 is 0 Å². The summed E-state index contributed by atoms with van der Waals surface area (Å²) in [5.41, 5.74) is 8.47. The Hall–Kier alpha value is -2.87. The maximum atomic E-state index is 12.6. The zero-order valence-electron chi connectivity index (χ0n) is 14.7. The summed E-state index contributed by atoms with van der Waals surface area (Å²) in [5.74, 6) is -0.371. The van der Waals surface area contributed by atoms with Crippen molar-refractivity contribution in [3.8, 4) is 0 Å². The average Bonchev–Trinajstić information content (AvgIpc) is 2.90. The van der Waals surface area contributed by atoms with Crippen LogP contribution in [0.2, 0.25) is 0 Å². The molecule has 8 heteroatoms. The zero-order valence-corrected chi connectivity index (χ0v) is 15.5. The normalized spacial score (nSPS) is 11.8. The van der Waals surface area contributed by atoms with Crippen molar-refractivity contribution >= 4 is 38.6 Å². The number of rotatable bonds is 4. The fourth-order valence-corrected chi connectivity index (χ4v) is 3.80. The van der Waals surface area contributed by atoms with Gasteiger partial charge in [-0.15, -0.1) is 0 Å². The molecule has 0 fully saturated rings. The Kier molecular flexibility index (Phi) is 4.45. The van der Waals surface area contributed by atoms with E-state index in [1.165, 1.54) is 0 Å². The number of fused-ring (bicyclic) bond motifs is 1. The second kappa shape index (κ2) is 6.45. The number of aryl methyl sites for hydroxylation is 1. The molecule has 3 rings (SSSR count).